The zero-order valence-corrected chi connectivity index (χ0v) is 14.3. The van der Waals surface area contributed by atoms with E-state index in [0.717, 1.165) is 43.4 Å². The maximum Gasteiger partial charge on any atom is 0.119 e. The molecule has 0 saturated heterocycles. The molecule has 0 aromatic heterocycles. The molecular weight excluding hydrogens is 284 g/mol. The zero-order chi connectivity index (χ0) is 15.7. The first-order chi connectivity index (χ1) is 9.96. The van der Waals surface area contributed by atoms with Crippen molar-refractivity contribution in [1.29, 1.82) is 0 Å². The van der Waals surface area contributed by atoms with E-state index in [4.69, 9.17) is 22.1 Å². The predicted octanol–water partition coefficient (Wildman–Crippen LogP) is 3.81. The highest BCUT2D eigenvalue weighted by Gasteiger charge is 2.19. The summed E-state index contributed by atoms with van der Waals surface area (Å²) in [7, 11) is 0. The molecule has 21 heavy (non-hydrogen) atoms. The van der Waals surface area contributed by atoms with Gasteiger partial charge in [-0.3, -0.25) is 0 Å². The number of halogens is 1. The third-order valence-electron chi connectivity index (χ3n) is 3.45. The molecule has 0 radical (unpaired) electrons. The Morgan fingerprint density at radius 3 is 2.43 bits per heavy atom. The summed E-state index contributed by atoms with van der Waals surface area (Å²) in [4.78, 5) is 2.48. The van der Waals surface area contributed by atoms with Gasteiger partial charge in [0.2, 0.25) is 0 Å². The van der Waals surface area contributed by atoms with E-state index in [2.05, 4.69) is 25.7 Å². The lowest BCUT2D eigenvalue weighted by atomic mass is 9.93. The van der Waals surface area contributed by atoms with Crippen molar-refractivity contribution in [1.82, 2.24) is 4.90 Å². The lowest BCUT2D eigenvalue weighted by Crippen LogP contribution is -2.39. The van der Waals surface area contributed by atoms with Crippen molar-refractivity contribution >= 4 is 11.6 Å². The minimum absolute atomic E-state index is 0.173. The Kier molecular flexibility index (Phi) is 8.09. The second kappa shape index (κ2) is 9.29. The van der Waals surface area contributed by atoms with Crippen LogP contribution in [0, 0.1) is 5.41 Å². The van der Waals surface area contributed by atoms with Crippen molar-refractivity contribution in [2.75, 3.05) is 32.8 Å². The number of hydrogen-bond donors (Lipinski definition) is 1. The molecule has 0 unspecified atom stereocenters. The zero-order valence-electron chi connectivity index (χ0n) is 13.6. The largest absolute Gasteiger partial charge is 0.494 e. The third-order valence-corrected chi connectivity index (χ3v) is 3.70. The van der Waals surface area contributed by atoms with Crippen LogP contribution in [0.15, 0.2) is 24.3 Å². The fourth-order valence-electron chi connectivity index (χ4n) is 2.27. The van der Waals surface area contributed by atoms with Gasteiger partial charge >= 0.3 is 0 Å². The van der Waals surface area contributed by atoms with Gasteiger partial charge < -0.3 is 15.4 Å². The second-order valence-corrected chi connectivity index (χ2v) is 6.74. The van der Waals surface area contributed by atoms with E-state index in [0.29, 0.717) is 6.54 Å². The lowest BCUT2D eigenvalue weighted by molar-refractivity contribution is 0.170. The van der Waals surface area contributed by atoms with Gasteiger partial charge in [0.1, 0.15) is 5.75 Å². The van der Waals surface area contributed by atoms with Crippen LogP contribution in [0.4, 0.5) is 0 Å². The van der Waals surface area contributed by atoms with E-state index < -0.39 is 0 Å². The third kappa shape index (κ3) is 7.70. The smallest absolute Gasteiger partial charge is 0.119 e. The summed E-state index contributed by atoms with van der Waals surface area (Å²) in [6.45, 7) is 11.3. The van der Waals surface area contributed by atoms with Crippen LogP contribution in [0.2, 0.25) is 5.02 Å². The summed E-state index contributed by atoms with van der Waals surface area (Å²) < 4.78 is 5.74. The van der Waals surface area contributed by atoms with E-state index in [-0.39, 0.29) is 5.41 Å². The molecule has 3 nitrogen and oxygen atoms in total. The van der Waals surface area contributed by atoms with Gasteiger partial charge in [-0.2, -0.15) is 0 Å². The molecule has 0 aliphatic rings. The van der Waals surface area contributed by atoms with Crippen LogP contribution < -0.4 is 10.5 Å². The number of hydrogen-bond acceptors (Lipinski definition) is 3. The first-order valence-electron chi connectivity index (χ1n) is 7.77. The van der Waals surface area contributed by atoms with Gasteiger partial charge in [-0.05, 0) is 55.6 Å². The molecule has 0 atom stereocenters. The first-order valence-corrected chi connectivity index (χ1v) is 8.15. The molecule has 0 spiro atoms. The second-order valence-electron chi connectivity index (χ2n) is 6.30. The van der Waals surface area contributed by atoms with Crippen molar-refractivity contribution in [3.05, 3.63) is 29.3 Å². The molecular formula is C17H29ClN2O. The molecule has 2 N–H and O–H groups in total. The average Bonchev–Trinajstić information content (AvgIpc) is 2.45. The van der Waals surface area contributed by atoms with Crippen molar-refractivity contribution in [3.63, 3.8) is 0 Å². The van der Waals surface area contributed by atoms with E-state index in [9.17, 15) is 0 Å². The standard InChI is InChI=1S/C17H29ClN2O/c1-4-10-20(14-17(2,3)13-19)11-5-12-21-16-8-6-15(18)7-9-16/h6-9H,4-5,10-14,19H2,1-3H3. The first kappa shape index (κ1) is 18.3. The predicted molar refractivity (Wildman–Crippen MR) is 91.1 cm³/mol. The Balaban J connectivity index is 2.31. The quantitative estimate of drug-likeness (QED) is 0.668. The Bertz CT molecular complexity index is 392. The molecule has 1 aromatic rings. The summed E-state index contributed by atoms with van der Waals surface area (Å²) in [5.74, 6) is 0.878. The Morgan fingerprint density at radius 2 is 1.86 bits per heavy atom. The van der Waals surface area contributed by atoms with Gasteiger partial charge in [0, 0.05) is 18.1 Å². The number of nitrogens with two attached hydrogens (primary N) is 1. The highest BCUT2D eigenvalue weighted by molar-refractivity contribution is 6.30. The van der Waals surface area contributed by atoms with Crippen LogP contribution in [0.5, 0.6) is 5.75 Å². The van der Waals surface area contributed by atoms with E-state index in [1.165, 1.54) is 6.42 Å². The fraction of sp³-hybridized carbons (Fsp3) is 0.647. The van der Waals surface area contributed by atoms with Gasteiger partial charge in [-0.25, -0.2) is 0 Å². The molecule has 0 amide bonds. The lowest BCUT2D eigenvalue weighted by Gasteiger charge is -2.31. The van der Waals surface area contributed by atoms with Gasteiger partial charge in [0.05, 0.1) is 6.61 Å². The van der Waals surface area contributed by atoms with Crippen molar-refractivity contribution in [2.45, 2.75) is 33.6 Å². The molecule has 0 bridgehead atoms. The monoisotopic (exact) mass is 312 g/mol. The molecule has 1 aromatic carbocycles. The SMILES string of the molecule is CCCN(CCCOc1ccc(Cl)cc1)CC(C)(C)CN. The molecule has 1 rings (SSSR count). The highest BCUT2D eigenvalue weighted by Crippen LogP contribution is 2.17. The summed E-state index contributed by atoms with van der Waals surface area (Å²) >= 11 is 5.85. The summed E-state index contributed by atoms with van der Waals surface area (Å²) in [6.07, 6.45) is 2.18. The van der Waals surface area contributed by atoms with Gasteiger partial charge in [0.15, 0.2) is 0 Å². The van der Waals surface area contributed by atoms with Crippen LogP contribution in [-0.2, 0) is 0 Å². The molecule has 0 fully saturated rings. The topological polar surface area (TPSA) is 38.5 Å². The number of rotatable bonds is 10. The number of ether oxygens (including phenoxy) is 1. The Labute approximate surface area is 134 Å². The van der Waals surface area contributed by atoms with E-state index in [1.807, 2.05) is 24.3 Å². The Hall–Kier alpha value is -0.770. The van der Waals surface area contributed by atoms with Gasteiger partial charge in [-0.15, -0.1) is 0 Å². The van der Waals surface area contributed by atoms with Crippen molar-refractivity contribution in [3.8, 4) is 5.75 Å². The normalized spacial score (nSPS) is 11.9. The van der Waals surface area contributed by atoms with E-state index >= 15 is 0 Å². The molecule has 4 heteroatoms. The van der Waals surface area contributed by atoms with Crippen LogP contribution in [0.25, 0.3) is 0 Å². The maximum absolute atomic E-state index is 5.85. The van der Waals surface area contributed by atoms with Gasteiger partial charge in [0.25, 0.3) is 0 Å². The van der Waals surface area contributed by atoms with Crippen LogP contribution >= 0.6 is 11.6 Å². The highest BCUT2D eigenvalue weighted by atomic mass is 35.5. The summed E-state index contributed by atoms with van der Waals surface area (Å²) in [5.41, 5.74) is 6.00. The number of nitrogens with zero attached hydrogens (tertiary/aromatic N) is 1. The van der Waals surface area contributed by atoms with Crippen LogP contribution in [0.3, 0.4) is 0 Å². The molecule has 0 aliphatic carbocycles. The molecule has 120 valence electrons. The fourth-order valence-corrected chi connectivity index (χ4v) is 2.39. The number of benzene rings is 1. The van der Waals surface area contributed by atoms with Crippen LogP contribution in [-0.4, -0.2) is 37.7 Å². The summed E-state index contributed by atoms with van der Waals surface area (Å²) in [5, 5.41) is 0.737. The maximum atomic E-state index is 5.85. The molecule has 0 aliphatic heterocycles. The molecule has 0 heterocycles. The van der Waals surface area contributed by atoms with Gasteiger partial charge in [-0.1, -0.05) is 32.4 Å². The minimum atomic E-state index is 0.173. The van der Waals surface area contributed by atoms with E-state index in [1.54, 1.807) is 0 Å². The van der Waals surface area contributed by atoms with Crippen molar-refractivity contribution in [2.24, 2.45) is 11.1 Å². The average molecular weight is 313 g/mol. The Morgan fingerprint density at radius 1 is 1.19 bits per heavy atom. The van der Waals surface area contributed by atoms with Crippen molar-refractivity contribution < 1.29 is 4.74 Å². The minimum Gasteiger partial charge on any atom is -0.494 e. The van der Waals surface area contributed by atoms with Crippen LogP contribution in [0.1, 0.15) is 33.6 Å². The summed E-state index contributed by atoms with van der Waals surface area (Å²) in [6, 6.07) is 7.52. The molecule has 0 saturated carbocycles.